The van der Waals surface area contributed by atoms with Gasteiger partial charge in [-0.25, -0.2) is 0 Å². The van der Waals surface area contributed by atoms with Crippen molar-refractivity contribution in [2.75, 3.05) is 6.54 Å². The van der Waals surface area contributed by atoms with Gasteiger partial charge < -0.3 is 10.0 Å². The molecule has 0 saturated heterocycles. The number of hydrogen-bond acceptors (Lipinski definition) is 2. The minimum Gasteiger partial charge on any atom is -0.481 e. The maximum absolute atomic E-state index is 12.7. The number of halogens is 1. The highest BCUT2D eigenvalue weighted by Crippen LogP contribution is 2.30. The van der Waals surface area contributed by atoms with E-state index in [1.54, 1.807) is 17.9 Å². The van der Waals surface area contributed by atoms with E-state index in [2.05, 4.69) is 15.9 Å². The number of hydrogen-bond donors (Lipinski definition) is 1. The Hall–Kier alpha value is -1.36. The van der Waals surface area contributed by atoms with Crippen LogP contribution < -0.4 is 0 Å². The Balaban J connectivity index is 2.23. The Labute approximate surface area is 126 Å². The maximum Gasteiger partial charge on any atom is 0.308 e. The van der Waals surface area contributed by atoms with Crippen LogP contribution in [0.1, 0.15) is 35.7 Å². The van der Waals surface area contributed by atoms with Crippen LogP contribution in [0.25, 0.3) is 0 Å². The molecular formula is C15H18BrNO3. The van der Waals surface area contributed by atoms with Gasteiger partial charge in [-0.3, -0.25) is 9.59 Å². The van der Waals surface area contributed by atoms with E-state index in [1.807, 2.05) is 19.1 Å². The number of aryl methyl sites for hydroxylation is 1. The van der Waals surface area contributed by atoms with Crippen molar-refractivity contribution in [3.05, 3.63) is 33.8 Å². The topological polar surface area (TPSA) is 57.6 Å². The van der Waals surface area contributed by atoms with Gasteiger partial charge in [0.25, 0.3) is 5.91 Å². The second kappa shape index (κ2) is 5.95. The summed E-state index contributed by atoms with van der Waals surface area (Å²) < 4.78 is 0.855. The molecule has 1 atom stereocenters. The van der Waals surface area contributed by atoms with Crippen LogP contribution in [0.2, 0.25) is 0 Å². The van der Waals surface area contributed by atoms with Crippen LogP contribution in [0.4, 0.5) is 0 Å². The average molecular weight is 340 g/mol. The molecule has 1 aromatic rings. The van der Waals surface area contributed by atoms with E-state index < -0.39 is 11.9 Å². The smallest absolute Gasteiger partial charge is 0.308 e. The fraction of sp³-hybridized carbons (Fsp3) is 0.467. The van der Waals surface area contributed by atoms with Gasteiger partial charge in [-0.15, -0.1) is 0 Å². The molecule has 20 heavy (non-hydrogen) atoms. The van der Waals surface area contributed by atoms with Crippen LogP contribution in [0.3, 0.4) is 0 Å². The van der Waals surface area contributed by atoms with Gasteiger partial charge >= 0.3 is 5.97 Å². The SMILES string of the molecule is Cc1ccc(Br)cc1C(=O)N(CC(C)C(=O)O)C1CC1. The summed E-state index contributed by atoms with van der Waals surface area (Å²) in [5.41, 5.74) is 1.55. The molecule has 0 aromatic heterocycles. The molecule has 1 aliphatic carbocycles. The first-order valence-electron chi connectivity index (χ1n) is 6.70. The highest BCUT2D eigenvalue weighted by Gasteiger charge is 2.35. The second-order valence-corrected chi connectivity index (χ2v) is 6.30. The van der Waals surface area contributed by atoms with Gasteiger partial charge in [0, 0.05) is 22.6 Å². The van der Waals surface area contributed by atoms with Gasteiger partial charge in [-0.2, -0.15) is 0 Å². The molecule has 1 unspecified atom stereocenters. The van der Waals surface area contributed by atoms with E-state index in [1.165, 1.54) is 0 Å². The van der Waals surface area contributed by atoms with Crippen LogP contribution >= 0.6 is 15.9 Å². The number of rotatable bonds is 5. The summed E-state index contributed by atoms with van der Waals surface area (Å²) >= 11 is 3.38. The molecule has 0 spiro atoms. The third-order valence-corrected chi connectivity index (χ3v) is 4.06. The lowest BCUT2D eigenvalue weighted by atomic mass is 10.1. The molecule has 108 valence electrons. The van der Waals surface area contributed by atoms with Gasteiger partial charge in [0.2, 0.25) is 0 Å². The van der Waals surface area contributed by atoms with E-state index in [0.717, 1.165) is 22.9 Å². The van der Waals surface area contributed by atoms with Crippen molar-refractivity contribution >= 4 is 27.8 Å². The fourth-order valence-electron chi connectivity index (χ4n) is 2.14. The number of aliphatic carboxylic acids is 1. The highest BCUT2D eigenvalue weighted by atomic mass is 79.9. The zero-order valence-electron chi connectivity index (χ0n) is 11.6. The molecule has 1 amide bonds. The van der Waals surface area contributed by atoms with E-state index in [-0.39, 0.29) is 18.5 Å². The van der Waals surface area contributed by atoms with Crippen LogP contribution in [0, 0.1) is 12.8 Å². The molecule has 1 N–H and O–H groups in total. The standard InChI is InChI=1S/C15H18BrNO3/c1-9-3-4-11(16)7-13(9)14(18)17(12-5-6-12)8-10(2)15(19)20/h3-4,7,10,12H,5-6,8H2,1-2H3,(H,19,20). The van der Waals surface area contributed by atoms with Crippen molar-refractivity contribution in [1.29, 1.82) is 0 Å². The summed E-state index contributed by atoms with van der Waals surface area (Å²) in [6.07, 6.45) is 1.93. The van der Waals surface area contributed by atoms with E-state index in [9.17, 15) is 9.59 Å². The van der Waals surface area contributed by atoms with Gasteiger partial charge in [0.05, 0.1) is 5.92 Å². The minimum atomic E-state index is -0.866. The summed E-state index contributed by atoms with van der Waals surface area (Å²) in [5.74, 6) is -1.49. The molecule has 4 nitrogen and oxygen atoms in total. The van der Waals surface area contributed by atoms with Crippen LogP contribution in [-0.2, 0) is 4.79 Å². The lowest BCUT2D eigenvalue weighted by Gasteiger charge is -2.25. The molecule has 5 heteroatoms. The van der Waals surface area contributed by atoms with Gasteiger partial charge in [0.1, 0.15) is 0 Å². The number of carboxylic acids is 1. The first-order valence-corrected chi connectivity index (χ1v) is 7.49. The van der Waals surface area contributed by atoms with Crippen molar-refractivity contribution in [3.63, 3.8) is 0 Å². The van der Waals surface area contributed by atoms with Crippen LogP contribution in [0.5, 0.6) is 0 Å². The summed E-state index contributed by atoms with van der Waals surface area (Å²) in [4.78, 5) is 25.4. The van der Waals surface area contributed by atoms with E-state index >= 15 is 0 Å². The number of nitrogens with zero attached hydrogens (tertiary/aromatic N) is 1. The predicted molar refractivity (Wildman–Crippen MR) is 79.7 cm³/mol. The molecule has 1 saturated carbocycles. The van der Waals surface area contributed by atoms with Gasteiger partial charge in [-0.1, -0.05) is 28.9 Å². The molecular weight excluding hydrogens is 322 g/mol. The number of carbonyl (C=O) groups excluding carboxylic acids is 1. The Bertz CT molecular complexity index is 540. The van der Waals surface area contributed by atoms with Crippen molar-refractivity contribution in [1.82, 2.24) is 4.90 Å². The number of carboxylic acid groups (broad SMARTS) is 1. The Morgan fingerprint density at radius 1 is 1.45 bits per heavy atom. The molecule has 1 fully saturated rings. The summed E-state index contributed by atoms with van der Waals surface area (Å²) in [5, 5.41) is 9.04. The predicted octanol–water partition coefficient (Wildman–Crippen LogP) is 3.08. The third kappa shape index (κ3) is 3.39. The monoisotopic (exact) mass is 339 g/mol. The quantitative estimate of drug-likeness (QED) is 0.896. The van der Waals surface area contributed by atoms with Crippen molar-refractivity contribution in [2.24, 2.45) is 5.92 Å². The van der Waals surface area contributed by atoms with Gasteiger partial charge in [-0.05, 0) is 37.5 Å². The minimum absolute atomic E-state index is 0.0700. The number of amides is 1. The second-order valence-electron chi connectivity index (χ2n) is 5.39. The first-order chi connectivity index (χ1) is 9.40. The molecule has 1 aromatic carbocycles. The number of carbonyl (C=O) groups is 2. The Morgan fingerprint density at radius 3 is 2.65 bits per heavy atom. The van der Waals surface area contributed by atoms with Crippen molar-refractivity contribution in [3.8, 4) is 0 Å². The van der Waals surface area contributed by atoms with E-state index in [4.69, 9.17) is 5.11 Å². The van der Waals surface area contributed by atoms with Crippen molar-refractivity contribution in [2.45, 2.75) is 32.7 Å². The average Bonchev–Trinajstić information content (AvgIpc) is 3.22. The largest absolute Gasteiger partial charge is 0.481 e. The molecule has 1 aliphatic rings. The Morgan fingerprint density at radius 2 is 2.10 bits per heavy atom. The summed E-state index contributed by atoms with van der Waals surface area (Å²) in [6, 6.07) is 5.79. The maximum atomic E-state index is 12.7. The fourth-order valence-corrected chi connectivity index (χ4v) is 2.50. The summed E-state index contributed by atoms with van der Waals surface area (Å²) in [7, 11) is 0. The lowest BCUT2D eigenvalue weighted by molar-refractivity contribution is -0.141. The summed E-state index contributed by atoms with van der Waals surface area (Å²) in [6.45, 7) is 3.80. The normalized spacial score (nSPS) is 15.8. The lowest BCUT2D eigenvalue weighted by Crippen LogP contribution is -2.38. The molecule has 0 aliphatic heterocycles. The number of benzene rings is 1. The Kier molecular flexibility index (Phi) is 4.48. The van der Waals surface area contributed by atoms with Crippen LogP contribution in [0.15, 0.2) is 22.7 Å². The zero-order valence-corrected chi connectivity index (χ0v) is 13.2. The highest BCUT2D eigenvalue weighted by molar-refractivity contribution is 9.10. The zero-order chi connectivity index (χ0) is 14.9. The van der Waals surface area contributed by atoms with E-state index in [0.29, 0.717) is 5.56 Å². The first kappa shape index (κ1) is 15.0. The van der Waals surface area contributed by atoms with Crippen molar-refractivity contribution < 1.29 is 14.7 Å². The van der Waals surface area contributed by atoms with Gasteiger partial charge in [0.15, 0.2) is 0 Å². The third-order valence-electron chi connectivity index (χ3n) is 3.57. The molecule has 0 radical (unpaired) electrons. The van der Waals surface area contributed by atoms with Crippen LogP contribution in [-0.4, -0.2) is 34.5 Å². The molecule has 0 heterocycles. The molecule has 0 bridgehead atoms. The molecule has 2 rings (SSSR count).